The molecular formula is C29H36N6O2. The van der Waals surface area contributed by atoms with E-state index < -0.39 is 0 Å². The van der Waals surface area contributed by atoms with E-state index in [0.29, 0.717) is 32.1 Å². The molecule has 0 N–H and O–H groups in total. The summed E-state index contributed by atoms with van der Waals surface area (Å²) in [6.45, 7) is 4.73. The topological polar surface area (TPSA) is 74.6 Å². The van der Waals surface area contributed by atoms with Crippen molar-refractivity contribution in [1.29, 1.82) is 0 Å². The van der Waals surface area contributed by atoms with Gasteiger partial charge < -0.3 is 9.80 Å². The van der Waals surface area contributed by atoms with E-state index >= 15 is 0 Å². The van der Waals surface area contributed by atoms with Crippen molar-refractivity contribution >= 4 is 17.5 Å². The number of fused-ring (bicyclic) bond motifs is 3. The lowest BCUT2D eigenvalue weighted by Crippen LogP contribution is -2.52. The van der Waals surface area contributed by atoms with E-state index in [9.17, 15) is 9.59 Å². The molecule has 2 aliphatic rings. The normalized spacial score (nSPS) is 20.7. The Morgan fingerprint density at radius 3 is 2.54 bits per heavy atom. The molecule has 2 atom stereocenters. The molecule has 8 nitrogen and oxygen atoms in total. The third-order valence-electron chi connectivity index (χ3n) is 7.70. The number of aromatic nitrogens is 3. The number of amides is 2. The van der Waals surface area contributed by atoms with Crippen LogP contribution in [-0.2, 0) is 29.2 Å². The maximum atomic E-state index is 13.7. The Morgan fingerprint density at radius 1 is 0.946 bits per heavy atom. The lowest BCUT2D eigenvalue weighted by molar-refractivity contribution is -0.134. The second kappa shape index (κ2) is 11.7. The van der Waals surface area contributed by atoms with Crippen molar-refractivity contribution in [3.8, 4) is 0 Å². The molecule has 2 aliphatic heterocycles. The van der Waals surface area contributed by atoms with Gasteiger partial charge in [-0.2, -0.15) is 5.10 Å². The molecule has 1 saturated heterocycles. The maximum Gasteiger partial charge on any atom is 0.244 e. The van der Waals surface area contributed by atoms with Crippen molar-refractivity contribution in [2.45, 2.75) is 70.7 Å². The molecule has 0 spiro atoms. The number of benzene rings is 1. The largest absolute Gasteiger partial charge is 0.335 e. The lowest BCUT2D eigenvalue weighted by atomic mass is 9.92. The number of para-hydroxylation sites is 1. The summed E-state index contributed by atoms with van der Waals surface area (Å²) in [6, 6.07) is 14.6. The molecule has 2 unspecified atom stereocenters. The van der Waals surface area contributed by atoms with E-state index in [1.165, 1.54) is 5.56 Å². The highest BCUT2D eigenvalue weighted by molar-refractivity contribution is 5.94. The van der Waals surface area contributed by atoms with Crippen LogP contribution in [0.1, 0.15) is 50.2 Å². The van der Waals surface area contributed by atoms with Crippen molar-refractivity contribution in [2.24, 2.45) is 0 Å². The van der Waals surface area contributed by atoms with Crippen LogP contribution in [0.2, 0.25) is 0 Å². The standard InChI is InChI=1S/C29H36N6O2/c1-2-28(36)34-18-13-25-8-5-9-26(35(25)19-23-11-15-30-16-12-23)21-32(20-24-7-3-4-10-27(24)34)29(37)22-33-17-6-14-31-33/h3-4,6-7,10-12,14-17,25-26H,2,5,8-9,13,18-22H2,1H3. The van der Waals surface area contributed by atoms with E-state index in [1.807, 2.05) is 59.6 Å². The average Bonchev–Trinajstić information content (AvgIpc) is 3.43. The average molecular weight is 501 g/mol. The van der Waals surface area contributed by atoms with Crippen LogP contribution >= 0.6 is 0 Å². The van der Waals surface area contributed by atoms with Crippen molar-refractivity contribution in [3.63, 3.8) is 0 Å². The SMILES string of the molecule is CCC(=O)N1CCC2CCCC(CN(C(=O)Cn3cccn3)Cc3ccccc31)N2Cc1ccncc1. The third kappa shape index (κ3) is 5.91. The quantitative estimate of drug-likeness (QED) is 0.532. The van der Waals surface area contributed by atoms with Crippen LogP contribution < -0.4 is 4.90 Å². The Morgan fingerprint density at radius 2 is 1.76 bits per heavy atom. The van der Waals surface area contributed by atoms with Gasteiger partial charge in [0, 0.05) is 75.2 Å². The number of rotatable bonds is 5. The number of nitrogens with zero attached hydrogens (tertiary/aromatic N) is 6. The Balaban J connectivity index is 1.52. The Bertz CT molecular complexity index is 1180. The second-order valence-electron chi connectivity index (χ2n) is 10.1. The molecule has 2 bridgehead atoms. The first-order valence-corrected chi connectivity index (χ1v) is 13.4. The molecule has 3 aromatic rings. The zero-order valence-corrected chi connectivity index (χ0v) is 21.6. The second-order valence-corrected chi connectivity index (χ2v) is 10.1. The van der Waals surface area contributed by atoms with Crippen LogP contribution in [0, 0.1) is 0 Å². The van der Waals surface area contributed by atoms with Crippen LogP contribution in [0.3, 0.4) is 0 Å². The minimum atomic E-state index is 0.0390. The van der Waals surface area contributed by atoms with Crippen LogP contribution in [0.5, 0.6) is 0 Å². The molecule has 194 valence electrons. The fourth-order valence-electron chi connectivity index (χ4n) is 5.79. The number of carbonyl (C=O) groups is 2. The summed E-state index contributed by atoms with van der Waals surface area (Å²) < 4.78 is 1.69. The number of anilines is 1. The molecule has 8 heteroatoms. The van der Waals surface area contributed by atoms with E-state index in [-0.39, 0.29) is 24.4 Å². The van der Waals surface area contributed by atoms with Gasteiger partial charge >= 0.3 is 0 Å². The summed E-state index contributed by atoms with van der Waals surface area (Å²) in [6.07, 6.45) is 11.8. The van der Waals surface area contributed by atoms with Gasteiger partial charge in [0.1, 0.15) is 6.54 Å². The van der Waals surface area contributed by atoms with Crippen LogP contribution in [0.15, 0.2) is 67.3 Å². The van der Waals surface area contributed by atoms with Crippen molar-refractivity contribution in [2.75, 3.05) is 18.0 Å². The molecule has 1 fully saturated rings. The minimum Gasteiger partial charge on any atom is -0.335 e. The van der Waals surface area contributed by atoms with E-state index in [2.05, 4.69) is 33.2 Å². The molecule has 1 aromatic carbocycles. The minimum absolute atomic E-state index is 0.0390. The van der Waals surface area contributed by atoms with Crippen molar-refractivity contribution < 1.29 is 9.59 Å². The molecule has 4 heterocycles. The van der Waals surface area contributed by atoms with Crippen LogP contribution in [0.4, 0.5) is 5.69 Å². The third-order valence-corrected chi connectivity index (χ3v) is 7.70. The van der Waals surface area contributed by atoms with E-state index in [4.69, 9.17) is 0 Å². The van der Waals surface area contributed by atoms with Crippen LogP contribution in [-0.4, -0.2) is 61.6 Å². The number of carbonyl (C=O) groups excluding carboxylic acids is 2. The predicted molar refractivity (Wildman–Crippen MR) is 143 cm³/mol. The predicted octanol–water partition coefficient (Wildman–Crippen LogP) is 3.88. The van der Waals surface area contributed by atoms with Crippen LogP contribution in [0.25, 0.3) is 0 Å². The van der Waals surface area contributed by atoms with Gasteiger partial charge in [-0.05, 0) is 54.7 Å². The van der Waals surface area contributed by atoms with Gasteiger partial charge in [-0.1, -0.05) is 31.5 Å². The van der Waals surface area contributed by atoms with Gasteiger partial charge in [-0.25, -0.2) is 0 Å². The molecule has 2 amide bonds. The molecule has 37 heavy (non-hydrogen) atoms. The van der Waals surface area contributed by atoms with Gasteiger partial charge in [-0.15, -0.1) is 0 Å². The summed E-state index contributed by atoms with van der Waals surface area (Å²) in [7, 11) is 0. The number of pyridine rings is 1. The molecule has 0 aliphatic carbocycles. The first-order chi connectivity index (χ1) is 18.1. The molecule has 5 rings (SSSR count). The summed E-state index contributed by atoms with van der Waals surface area (Å²) in [5.41, 5.74) is 3.15. The molecule has 0 saturated carbocycles. The highest BCUT2D eigenvalue weighted by Crippen LogP contribution is 2.31. The smallest absolute Gasteiger partial charge is 0.244 e. The summed E-state index contributed by atoms with van der Waals surface area (Å²) in [4.78, 5) is 37.5. The summed E-state index contributed by atoms with van der Waals surface area (Å²) in [5, 5.41) is 4.27. The van der Waals surface area contributed by atoms with Crippen molar-refractivity contribution in [1.82, 2.24) is 24.6 Å². The fraction of sp³-hybridized carbons (Fsp3) is 0.448. The fourth-order valence-corrected chi connectivity index (χ4v) is 5.79. The number of piperidine rings is 1. The highest BCUT2D eigenvalue weighted by Gasteiger charge is 2.34. The molecule has 0 radical (unpaired) electrons. The summed E-state index contributed by atoms with van der Waals surface area (Å²) >= 11 is 0. The van der Waals surface area contributed by atoms with Gasteiger partial charge in [0.2, 0.25) is 11.8 Å². The Kier molecular flexibility index (Phi) is 7.94. The number of hydrogen-bond donors (Lipinski definition) is 0. The first-order valence-electron chi connectivity index (χ1n) is 13.4. The Labute approximate surface area is 218 Å². The Hall–Kier alpha value is -3.52. The van der Waals surface area contributed by atoms with E-state index in [0.717, 1.165) is 43.5 Å². The lowest BCUT2D eigenvalue weighted by Gasteiger charge is -2.44. The first kappa shape index (κ1) is 25.1. The monoisotopic (exact) mass is 500 g/mol. The van der Waals surface area contributed by atoms with Gasteiger partial charge in [0.05, 0.1) is 0 Å². The van der Waals surface area contributed by atoms with Gasteiger partial charge in [0.25, 0.3) is 0 Å². The van der Waals surface area contributed by atoms with Crippen molar-refractivity contribution in [3.05, 3.63) is 78.4 Å². The zero-order valence-electron chi connectivity index (χ0n) is 21.6. The number of hydrogen-bond acceptors (Lipinski definition) is 5. The van der Waals surface area contributed by atoms with Gasteiger partial charge in [0.15, 0.2) is 0 Å². The maximum absolute atomic E-state index is 13.7. The van der Waals surface area contributed by atoms with E-state index in [1.54, 1.807) is 10.9 Å². The highest BCUT2D eigenvalue weighted by atomic mass is 16.2. The molecule has 2 aromatic heterocycles. The molecular weight excluding hydrogens is 464 g/mol. The van der Waals surface area contributed by atoms with Gasteiger partial charge in [-0.3, -0.25) is 24.2 Å². The zero-order chi connectivity index (χ0) is 25.6. The summed E-state index contributed by atoms with van der Waals surface area (Å²) in [5.74, 6) is 0.159.